The van der Waals surface area contributed by atoms with Gasteiger partial charge in [-0.25, -0.2) is 14.4 Å². The van der Waals surface area contributed by atoms with E-state index in [2.05, 4.69) is 20.4 Å². The number of hydrogen-bond donors (Lipinski definition) is 2. The quantitative estimate of drug-likeness (QED) is 0.603. The van der Waals surface area contributed by atoms with Crippen LogP contribution in [0.3, 0.4) is 0 Å². The lowest BCUT2D eigenvalue weighted by atomic mass is 10.1. The van der Waals surface area contributed by atoms with Crippen molar-refractivity contribution in [1.29, 1.82) is 0 Å². The monoisotopic (exact) mass is 351 g/mol. The fraction of sp³-hybridized carbons (Fsp3) is 0.444. The molecule has 2 rings (SSSR count). The van der Waals surface area contributed by atoms with Crippen molar-refractivity contribution in [3.05, 3.63) is 24.7 Å². The first-order valence-corrected chi connectivity index (χ1v) is 6.21. The van der Waals surface area contributed by atoms with Gasteiger partial charge >= 0.3 is 0 Å². The summed E-state index contributed by atoms with van der Waals surface area (Å²) < 4.78 is 14.6. The van der Waals surface area contributed by atoms with Crippen molar-refractivity contribution in [1.82, 2.24) is 20.1 Å². The maximum atomic E-state index is 13.5. The Morgan fingerprint density at radius 2 is 2.47 bits per heavy atom. The molecule has 8 heteroatoms. The summed E-state index contributed by atoms with van der Waals surface area (Å²) in [5.74, 6) is -0.385. The summed E-state index contributed by atoms with van der Waals surface area (Å²) in [6, 6.07) is -0.563. The van der Waals surface area contributed by atoms with Gasteiger partial charge in [-0.15, -0.1) is 0 Å². The fourth-order valence-electron chi connectivity index (χ4n) is 1.48. The van der Waals surface area contributed by atoms with Crippen molar-refractivity contribution >= 4 is 28.9 Å². The Kier molecular flexibility index (Phi) is 4.05. The third-order valence-corrected chi connectivity index (χ3v) is 3.90. The molecule has 1 aromatic rings. The van der Waals surface area contributed by atoms with Crippen molar-refractivity contribution in [2.75, 3.05) is 0 Å². The van der Waals surface area contributed by atoms with Crippen LogP contribution >= 0.6 is 22.6 Å². The van der Waals surface area contributed by atoms with E-state index in [0.717, 1.165) is 6.20 Å². The van der Waals surface area contributed by atoms with Gasteiger partial charge in [0.25, 0.3) is 0 Å². The predicted octanol–water partition coefficient (Wildman–Crippen LogP) is 0.254. The van der Waals surface area contributed by atoms with E-state index in [1.165, 1.54) is 23.7 Å². The lowest BCUT2D eigenvalue weighted by molar-refractivity contribution is 0.141. The zero-order valence-electron chi connectivity index (χ0n) is 8.74. The molecule has 0 radical (unpaired) electrons. The van der Waals surface area contributed by atoms with E-state index in [4.69, 9.17) is 0 Å². The van der Waals surface area contributed by atoms with Crippen LogP contribution in [-0.2, 0) is 6.54 Å². The summed E-state index contributed by atoms with van der Waals surface area (Å²) >= 11 is 2.01. The van der Waals surface area contributed by atoms with Gasteiger partial charge in [-0.2, -0.15) is 5.10 Å². The SMILES string of the molecule is O[C@H](Cn1cncn1)[C@@H](I)C1NC=NC=C1F. The molecule has 3 atom stereocenters. The second kappa shape index (κ2) is 5.54. The standard InChI is InChI=1S/C9H11FIN5O/c10-6-1-12-3-14-9(6)8(11)7(17)2-16-5-13-4-15-16/h1,3-5,7-9,17H,2H2,(H,12,14)/t7-,8-,9?/m1/s1. The Morgan fingerprint density at radius 1 is 1.65 bits per heavy atom. The maximum Gasteiger partial charge on any atom is 0.142 e. The minimum absolute atomic E-state index is 0.274. The molecule has 0 aromatic carbocycles. The Hall–Kier alpha value is -1.03. The number of halogens is 2. The minimum atomic E-state index is -0.736. The minimum Gasteiger partial charge on any atom is -0.390 e. The Balaban J connectivity index is 1.97. The highest BCUT2D eigenvalue weighted by Crippen LogP contribution is 2.21. The smallest absolute Gasteiger partial charge is 0.142 e. The van der Waals surface area contributed by atoms with Gasteiger partial charge in [-0.1, -0.05) is 22.6 Å². The number of rotatable bonds is 4. The normalized spacial score (nSPS) is 22.8. The molecule has 0 saturated carbocycles. The van der Waals surface area contributed by atoms with Crippen LogP contribution in [0.25, 0.3) is 0 Å². The largest absolute Gasteiger partial charge is 0.390 e. The number of aliphatic hydroxyl groups is 1. The van der Waals surface area contributed by atoms with Gasteiger partial charge < -0.3 is 10.4 Å². The molecule has 1 aliphatic rings. The molecule has 0 aliphatic carbocycles. The van der Waals surface area contributed by atoms with Crippen molar-refractivity contribution < 1.29 is 9.50 Å². The van der Waals surface area contributed by atoms with E-state index in [9.17, 15) is 9.50 Å². The zero-order valence-corrected chi connectivity index (χ0v) is 10.9. The van der Waals surface area contributed by atoms with E-state index in [1.54, 1.807) is 0 Å². The summed E-state index contributed by atoms with van der Waals surface area (Å²) in [6.07, 6.45) is 4.73. The summed E-state index contributed by atoms with van der Waals surface area (Å²) in [7, 11) is 0. The average molecular weight is 351 g/mol. The second-order valence-corrected chi connectivity index (χ2v) is 5.00. The van der Waals surface area contributed by atoms with Crippen LogP contribution in [0.1, 0.15) is 0 Å². The van der Waals surface area contributed by atoms with Crippen LogP contribution in [0.5, 0.6) is 0 Å². The van der Waals surface area contributed by atoms with Gasteiger partial charge in [0.2, 0.25) is 0 Å². The van der Waals surface area contributed by atoms with Crippen LogP contribution in [-0.4, -0.2) is 42.3 Å². The first kappa shape index (κ1) is 12.4. The zero-order chi connectivity index (χ0) is 12.3. The summed E-state index contributed by atoms with van der Waals surface area (Å²) in [5, 5.41) is 16.7. The average Bonchev–Trinajstić information content (AvgIpc) is 2.81. The van der Waals surface area contributed by atoms with Gasteiger partial charge in [0.1, 0.15) is 18.5 Å². The molecular formula is C9H11FIN5O. The van der Waals surface area contributed by atoms with Crippen LogP contribution in [0.2, 0.25) is 0 Å². The molecule has 0 spiro atoms. The van der Waals surface area contributed by atoms with Crippen molar-refractivity contribution in [2.24, 2.45) is 4.99 Å². The number of aliphatic hydroxyl groups excluding tert-OH is 1. The highest BCUT2D eigenvalue weighted by Gasteiger charge is 2.30. The number of aromatic nitrogens is 3. The predicted molar refractivity (Wildman–Crippen MR) is 68.4 cm³/mol. The lowest BCUT2D eigenvalue weighted by Gasteiger charge is -2.26. The number of nitrogens with one attached hydrogen (secondary N) is 1. The molecule has 2 N–H and O–H groups in total. The van der Waals surface area contributed by atoms with Crippen molar-refractivity contribution in [3.63, 3.8) is 0 Å². The van der Waals surface area contributed by atoms with E-state index >= 15 is 0 Å². The fourth-order valence-corrected chi connectivity index (χ4v) is 2.26. The molecular weight excluding hydrogens is 340 g/mol. The van der Waals surface area contributed by atoms with Crippen LogP contribution in [0.15, 0.2) is 29.7 Å². The molecule has 0 bridgehead atoms. The highest BCUT2D eigenvalue weighted by atomic mass is 127. The van der Waals surface area contributed by atoms with Crippen LogP contribution in [0.4, 0.5) is 4.39 Å². The summed E-state index contributed by atoms with van der Waals surface area (Å²) in [4.78, 5) is 7.42. The molecule has 1 unspecified atom stereocenters. The Bertz CT molecular complexity index is 421. The molecule has 0 fully saturated rings. The van der Waals surface area contributed by atoms with E-state index in [-0.39, 0.29) is 16.3 Å². The van der Waals surface area contributed by atoms with Crippen molar-refractivity contribution in [2.45, 2.75) is 22.6 Å². The molecule has 92 valence electrons. The molecule has 17 heavy (non-hydrogen) atoms. The summed E-state index contributed by atoms with van der Waals surface area (Å²) in [6.45, 7) is 0.274. The first-order chi connectivity index (χ1) is 8.18. The summed E-state index contributed by atoms with van der Waals surface area (Å²) in [5.41, 5.74) is 0. The highest BCUT2D eigenvalue weighted by molar-refractivity contribution is 14.1. The third kappa shape index (κ3) is 3.00. The number of alkyl halides is 1. The molecule has 6 nitrogen and oxygen atoms in total. The molecule has 1 aromatic heterocycles. The van der Waals surface area contributed by atoms with E-state index in [0.29, 0.717) is 0 Å². The van der Waals surface area contributed by atoms with Gasteiger partial charge in [0.05, 0.1) is 35.2 Å². The van der Waals surface area contributed by atoms with Gasteiger partial charge in [-0.05, 0) is 0 Å². The van der Waals surface area contributed by atoms with Crippen molar-refractivity contribution in [3.8, 4) is 0 Å². The molecule has 0 amide bonds. The topological polar surface area (TPSA) is 75.3 Å². The van der Waals surface area contributed by atoms with E-state index < -0.39 is 12.1 Å². The van der Waals surface area contributed by atoms with Crippen LogP contribution in [0, 0.1) is 0 Å². The lowest BCUT2D eigenvalue weighted by Crippen LogP contribution is -2.45. The first-order valence-electron chi connectivity index (χ1n) is 4.96. The molecule has 1 aliphatic heterocycles. The third-order valence-electron chi connectivity index (χ3n) is 2.35. The molecule has 2 heterocycles. The molecule has 0 saturated heterocycles. The number of aliphatic imine (C=N–C) groups is 1. The number of hydrogen-bond acceptors (Lipinski definition) is 5. The maximum absolute atomic E-state index is 13.5. The Labute approximate surface area is 111 Å². The van der Waals surface area contributed by atoms with Crippen LogP contribution < -0.4 is 5.32 Å². The van der Waals surface area contributed by atoms with Gasteiger partial charge in [0.15, 0.2) is 0 Å². The van der Waals surface area contributed by atoms with E-state index in [1.807, 2.05) is 22.6 Å². The van der Waals surface area contributed by atoms with Gasteiger partial charge in [0, 0.05) is 0 Å². The number of nitrogens with zero attached hydrogens (tertiary/aromatic N) is 4. The van der Waals surface area contributed by atoms with Gasteiger partial charge in [-0.3, -0.25) is 4.68 Å². The Morgan fingerprint density at radius 3 is 3.12 bits per heavy atom. The second-order valence-electron chi connectivity index (χ2n) is 3.57.